The standard InChI is InChI=1S/C22H26O5/c1-2-9-22(24)27-21(17-26-15-19-12-7-4-8-13-19)20(23)16-25-14-18-10-5-3-6-11-18/h2-13,20-21,23H,14-17H2,1H3/b9-2+/t20-,21-/m1/s1. The number of rotatable bonds is 11. The van der Waals surface area contributed by atoms with Crippen LogP contribution in [0.1, 0.15) is 18.1 Å². The van der Waals surface area contributed by atoms with E-state index in [0.717, 1.165) is 11.1 Å². The van der Waals surface area contributed by atoms with Gasteiger partial charge in [0, 0.05) is 6.08 Å². The van der Waals surface area contributed by atoms with Crippen molar-refractivity contribution in [3.05, 3.63) is 83.9 Å². The molecule has 0 saturated carbocycles. The highest BCUT2D eigenvalue weighted by molar-refractivity contribution is 5.81. The third-order valence-corrected chi connectivity index (χ3v) is 3.79. The number of hydrogen-bond donors (Lipinski definition) is 1. The first-order chi connectivity index (χ1) is 13.2. The normalized spacial score (nSPS) is 13.4. The summed E-state index contributed by atoms with van der Waals surface area (Å²) in [5.74, 6) is -0.520. The van der Waals surface area contributed by atoms with Gasteiger partial charge in [-0.2, -0.15) is 0 Å². The van der Waals surface area contributed by atoms with Gasteiger partial charge in [0.15, 0.2) is 6.10 Å². The first-order valence-corrected chi connectivity index (χ1v) is 8.93. The molecule has 0 radical (unpaired) electrons. The third kappa shape index (κ3) is 8.17. The Kier molecular flexibility index (Phi) is 9.27. The van der Waals surface area contributed by atoms with Crippen LogP contribution in [0.25, 0.3) is 0 Å². The molecule has 0 heterocycles. The van der Waals surface area contributed by atoms with E-state index in [1.807, 2.05) is 60.7 Å². The van der Waals surface area contributed by atoms with Crippen LogP contribution in [-0.2, 0) is 32.2 Å². The first-order valence-electron chi connectivity index (χ1n) is 8.93. The van der Waals surface area contributed by atoms with E-state index in [4.69, 9.17) is 14.2 Å². The van der Waals surface area contributed by atoms with Crippen molar-refractivity contribution in [1.82, 2.24) is 0 Å². The zero-order valence-corrected chi connectivity index (χ0v) is 15.5. The maximum Gasteiger partial charge on any atom is 0.330 e. The molecule has 1 N–H and O–H groups in total. The van der Waals surface area contributed by atoms with Gasteiger partial charge in [-0.15, -0.1) is 0 Å². The number of aliphatic hydroxyl groups excluding tert-OH is 1. The quantitative estimate of drug-likeness (QED) is 0.486. The molecule has 2 aromatic carbocycles. The number of carbonyl (C=O) groups excluding carboxylic acids is 1. The fourth-order valence-corrected chi connectivity index (χ4v) is 2.39. The van der Waals surface area contributed by atoms with Gasteiger partial charge in [-0.25, -0.2) is 4.79 Å². The zero-order valence-electron chi connectivity index (χ0n) is 15.5. The molecule has 0 aliphatic carbocycles. The molecule has 0 aromatic heterocycles. The summed E-state index contributed by atoms with van der Waals surface area (Å²) in [4.78, 5) is 11.8. The van der Waals surface area contributed by atoms with Crippen molar-refractivity contribution in [2.45, 2.75) is 32.3 Å². The fraction of sp³-hybridized carbons (Fsp3) is 0.318. The average Bonchev–Trinajstić information content (AvgIpc) is 2.69. The Hall–Kier alpha value is -2.47. The summed E-state index contributed by atoms with van der Waals surface area (Å²) in [6.45, 7) is 2.58. The summed E-state index contributed by atoms with van der Waals surface area (Å²) < 4.78 is 16.5. The number of esters is 1. The van der Waals surface area contributed by atoms with Gasteiger partial charge >= 0.3 is 5.97 Å². The lowest BCUT2D eigenvalue weighted by molar-refractivity contribution is -0.158. The largest absolute Gasteiger partial charge is 0.454 e. The van der Waals surface area contributed by atoms with E-state index in [-0.39, 0.29) is 13.2 Å². The summed E-state index contributed by atoms with van der Waals surface area (Å²) in [6.07, 6.45) is 1.09. The number of hydrogen-bond acceptors (Lipinski definition) is 5. The predicted molar refractivity (Wildman–Crippen MR) is 103 cm³/mol. The number of benzene rings is 2. The molecule has 0 amide bonds. The number of allylic oxidation sites excluding steroid dienone is 1. The van der Waals surface area contributed by atoms with E-state index in [0.29, 0.717) is 13.2 Å². The molecule has 2 rings (SSSR count). The molecule has 0 unspecified atom stereocenters. The topological polar surface area (TPSA) is 65.0 Å². The van der Waals surface area contributed by atoms with Crippen LogP contribution in [0.4, 0.5) is 0 Å². The fourth-order valence-electron chi connectivity index (χ4n) is 2.39. The van der Waals surface area contributed by atoms with Crippen LogP contribution < -0.4 is 0 Å². The van der Waals surface area contributed by atoms with Gasteiger partial charge in [0.05, 0.1) is 26.4 Å². The number of carbonyl (C=O) groups is 1. The van der Waals surface area contributed by atoms with E-state index in [1.54, 1.807) is 13.0 Å². The molecule has 0 bridgehead atoms. The molecule has 0 fully saturated rings. The SMILES string of the molecule is C/C=C/C(=O)O[C@H](COCc1ccccc1)[C@H](O)COCc1ccccc1. The predicted octanol–water partition coefficient (Wildman–Crippen LogP) is 3.27. The van der Waals surface area contributed by atoms with Gasteiger partial charge in [-0.1, -0.05) is 66.7 Å². The average molecular weight is 370 g/mol. The minimum atomic E-state index is -0.987. The third-order valence-electron chi connectivity index (χ3n) is 3.79. The maximum atomic E-state index is 11.8. The summed E-state index contributed by atoms with van der Waals surface area (Å²) >= 11 is 0. The summed E-state index contributed by atoms with van der Waals surface area (Å²) in [7, 11) is 0. The molecule has 2 aromatic rings. The molecule has 0 saturated heterocycles. The summed E-state index contributed by atoms with van der Waals surface area (Å²) in [5.41, 5.74) is 2.01. The van der Waals surface area contributed by atoms with Crippen molar-refractivity contribution in [1.29, 1.82) is 0 Å². The molecule has 5 nitrogen and oxygen atoms in total. The Morgan fingerprint density at radius 2 is 1.44 bits per heavy atom. The van der Waals surface area contributed by atoms with Crippen LogP contribution in [0.2, 0.25) is 0 Å². The van der Waals surface area contributed by atoms with Gasteiger partial charge in [-0.3, -0.25) is 0 Å². The second-order valence-corrected chi connectivity index (χ2v) is 6.04. The highest BCUT2D eigenvalue weighted by Crippen LogP contribution is 2.08. The van der Waals surface area contributed by atoms with E-state index in [1.165, 1.54) is 6.08 Å². The van der Waals surface area contributed by atoms with Gasteiger partial charge in [0.2, 0.25) is 0 Å². The van der Waals surface area contributed by atoms with Crippen LogP contribution in [0.3, 0.4) is 0 Å². The van der Waals surface area contributed by atoms with Gasteiger partial charge in [0.1, 0.15) is 6.10 Å². The lowest BCUT2D eigenvalue weighted by atomic mass is 10.2. The zero-order chi connectivity index (χ0) is 19.3. The van der Waals surface area contributed by atoms with E-state index in [9.17, 15) is 9.90 Å². The van der Waals surface area contributed by atoms with E-state index >= 15 is 0 Å². The van der Waals surface area contributed by atoms with Crippen LogP contribution in [-0.4, -0.2) is 36.5 Å². The van der Waals surface area contributed by atoms with Crippen molar-refractivity contribution >= 4 is 5.97 Å². The second-order valence-electron chi connectivity index (χ2n) is 6.04. The van der Waals surface area contributed by atoms with Crippen LogP contribution in [0.15, 0.2) is 72.8 Å². The van der Waals surface area contributed by atoms with E-state index < -0.39 is 18.2 Å². The van der Waals surface area contributed by atoms with E-state index in [2.05, 4.69) is 0 Å². The van der Waals surface area contributed by atoms with Gasteiger partial charge in [-0.05, 0) is 18.1 Å². The van der Waals surface area contributed by atoms with Crippen molar-refractivity contribution in [3.8, 4) is 0 Å². The molecule has 2 atom stereocenters. The van der Waals surface area contributed by atoms with Crippen molar-refractivity contribution < 1.29 is 24.1 Å². The Bertz CT molecular complexity index is 684. The van der Waals surface area contributed by atoms with Crippen molar-refractivity contribution in [3.63, 3.8) is 0 Å². The lowest BCUT2D eigenvalue weighted by Gasteiger charge is -2.22. The Morgan fingerprint density at radius 1 is 0.926 bits per heavy atom. The highest BCUT2D eigenvalue weighted by atomic mass is 16.6. The van der Waals surface area contributed by atoms with Crippen LogP contribution in [0.5, 0.6) is 0 Å². The Labute approximate surface area is 160 Å². The minimum Gasteiger partial charge on any atom is -0.454 e. The summed E-state index contributed by atoms with van der Waals surface area (Å²) in [5, 5.41) is 10.4. The minimum absolute atomic E-state index is 0.0391. The lowest BCUT2D eigenvalue weighted by Crippen LogP contribution is -2.38. The number of ether oxygens (including phenoxy) is 3. The Morgan fingerprint density at radius 3 is 1.96 bits per heavy atom. The smallest absolute Gasteiger partial charge is 0.330 e. The maximum absolute atomic E-state index is 11.8. The second kappa shape index (κ2) is 12.0. The monoisotopic (exact) mass is 370 g/mol. The number of aliphatic hydroxyl groups is 1. The molecule has 0 spiro atoms. The van der Waals surface area contributed by atoms with Crippen LogP contribution in [0, 0.1) is 0 Å². The molecular formula is C22H26O5. The molecule has 0 aliphatic rings. The van der Waals surface area contributed by atoms with Crippen molar-refractivity contribution in [2.24, 2.45) is 0 Å². The molecule has 144 valence electrons. The Balaban J connectivity index is 1.84. The summed E-state index contributed by atoms with van der Waals surface area (Å²) in [6, 6.07) is 19.3. The van der Waals surface area contributed by atoms with Gasteiger partial charge < -0.3 is 19.3 Å². The molecule has 0 aliphatic heterocycles. The molecule has 27 heavy (non-hydrogen) atoms. The molecular weight excluding hydrogens is 344 g/mol. The van der Waals surface area contributed by atoms with Crippen molar-refractivity contribution in [2.75, 3.05) is 13.2 Å². The highest BCUT2D eigenvalue weighted by Gasteiger charge is 2.23. The first kappa shape index (κ1) is 20.8. The van der Waals surface area contributed by atoms with Gasteiger partial charge in [0.25, 0.3) is 0 Å². The van der Waals surface area contributed by atoms with Crippen LogP contribution >= 0.6 is 0 Å². The molecule has 5 heteroatoms.